The Bertz CT molecular complexity index is 270. The van der Waals surface area contributed by atoms with Crippen LogP contribution in [0.25, 0.3) is 0 Å². The molecule has 0 spiro atoms. The van der Waals surface area contributed by atoms with E-state index in [2.05, 4.69) is 31.7 Å². The second-order valence-electron chi connectivity index (χ2n) is 7.46. The molecule has 0 aromatic heterocycles. The van der Waals surface area contributed by atoms with Gasteiger partial charge in [0, 0.05) is 0 Å². The van der Waals surface area contributed by atoms with Crippen molar-refractivity contribution in [1.29, 1.82) is 0 Å². The number of hydrogen-bond acceptors (Lipinski definition) is 0. The zero-order valence-electron chi connectivity index (χ0n) is 17.1. The summed E-state index contributed by atoms with van der Waals surface area (Å²) < 4.78 is 0. The number of unbranched alkanes of at least 4 members (excludes halogenated alkanes) is 17. The Kier molecular flexibility index (Phi) is 22.1. The predicted molar refractivity (Wildman–Crippen MR) is 112 cm³/mol. The van der Waals surface area contributed by atoms with E-state index in [1.165, 1.54) is 122 Å². The minimum absolute atomic E-state index is 1.21. The minimum Gasteiger partial charge on any atom is -0.130 e. The molecular formula is C24H46. The van der Waals surface area contributed by atoms with E-state index in [1.807, 2.05) is 0 Å². The van der Waals surface area contributed by atoms with Crippen LogP contribution in [0.5, 0.6) is 0 Å². The second kappa shape index (κ2) is 22.5. The van der Waals surface area contributed by atoms with Gasteiger partial charge in [-0.2, -0.15) is 0 Å². The molecule has 142 valence electrons. The van der Waals surface area contributed by atoms with E-state index in [9.17, 15) is 0 Å². The molecule has 0 rings (SSSR count). The van der Waals surface area contributed by atoms with Crippen LogP contribution in [0.2, 0.25) is 0 Å². The van der Waals surface area contributed by atoms with Gasteiger partial charge in [0.2, 0.25) is 0 Å². The van der Waals surface area contributed by atoms with E-state index in [1.54, 1.807) is 0 Å². The smallest absolute Gasteiger partial charge is 0.0274 e. The first kappa shape index (κ1) is 23.5. The van der Waals surface area contributed by atoms with Crippen LogP contribution in [0.15, 0.2) is 17.9 Å². The fourth-order valence-corrected chi connectivity index (χ4v) is 3.19. The van der Waals surface area contributed by atoms with Crippen molar-refractivity contribution in [3.05, 3.63) is 17.9 Å². The average molecular weight is 335 g/mol. The van der Waals surface area contributed by atoms with Gasteiger partial charge in [-0.3, -0.25) is 0 Å². The lowest BCUT2D eigenvalue weighted by molar-refractivity contribution is 0.536. The maximum atomic E-state index is 3.34. The lowest BCUT2D eigenvalue weighted by Gasteiger charge is -2.02. The molecule has 0 amide bonds. The van der Waals surface area contributed by atoms with E-state index in [4.69, 9.17) is 0 Å². The van der Waals surface area contributed by atoms with Crippen LogP contribution in [0.3, 0.4) is 0 Å². The molecule has 0 aliphatic carbocycles. The highest BCUT2D eigenvalue weighted by Gasteiger charge is 1.93. The molecular weight excluding hydrogens is 288 g/mol. The summed E-state index contributed by atoms with van der Waals surface area (Å²) in [5.41, 5.74) is 3.34. The molecule has 0 fully saturated rings. The molecule has 0 heterocycles. The summed E-state index contributed by atoms with van der Waals surface area (Å²) in [4.78, 5) is 0. The van der Waals surface area contributed by atoms with Crippen molar-refractivity contribution in [1.82, 2.24) is 0 Å². The lowest BCUT2D eigenvalue weighted by Crippen LogP contribution is -1.83. The number of rotatable bonds is 19. The fraction of sp³-hybridized carbons (Fsp3) is 0.875. The molecule has 0 aromatic carbocycles. The molecule has 0 saturated carbocycles. The highest BCUT2D eigenvalue weighted by atomic mass is 14.0. The first-order valence-electron chi connectivity index (χ1n) is 11.3. The van der Waals surface area contributed by atoms with Crippen LogP contribution in [0.4, 0.5) is 0 Å². The normalized spacial score (nSPS) is 10.6. The third kappa shape index (κ3) is 21.5. The van der Waals surface area contributed by atoms with Crippen molar-refractivity contribution in [2.75, 3.05) is 0 Å². The first-order chi connectivity index (χ1) is 11.9. The molecule has 0 aromatic rings. The van der Waals surface area contributed by atoms with Crippen LogP contribution in [0, 0.1) is 0 Å². The summed E-state index contributed by atoms with van der Waals surface area (Å²) in [5.74, 6) is 0. The van der Waals surface area contributed by atoms with Gasteiger partial charge in [-0.15, -0.1) is 5.73 Å². The quantitative estimate of drug-likeness (QED) is 0.163. The van der Waals surface area contributed by atoms with Gasteiger partial charge >= 0.3 is 0 Å². The molecule has 0 aliphatic heterocycles. The highest BCUT2D eigenvalue weighted by molar-refractivity contribution is 4.84. The Morgan fingerprint density at radius 3 is 1.12 bits per heavy atom. The van der Waals surface area contributed by atoms with E-state index in [-0.39, 0.29) is 0 Å². The topological polar surface area (TPSA) is 0 Å². The zero-order valence-corrected chi connectivity index (χ0v) is 17.1. The molecule has 0 unspecified atom stereocenters. The van der Waals surface area contributed by atoms with Crippen LogP contribution < -0.4 is 0 Å². The largest absolute Gasteiger partial charge is 0.130 e. The Labute approximate surface area is 154 Å². The molecule has 0 N–H and O–H groups in total. The highest BCUT2D eigenvalue weighted by Crippen LogP contribution is 2.13. The van der Waals surface area contributed by atoms with E-state index < -0.39 is 0 Å². The summed E-state index contributed by atoms with van der Waals surface area (Å²) in [6.07, 6.45) is 31.1. The van der Waals surface area contributed by atoms with E-state index in [0.29, 0.717) is 0 Å². The molecule has 0 nitrogen and oxygen atoms in total. The van der Waals surface area contributed by atoms with Gasteiger partial charge in [-0.05, 0) is 37.8 Å². The van der Waals surface area contributed by atoms with Crippen LogP contribution >= 0.6 is 0 Å². The maximum absolute atomic E-state index is 3.34. The summed E-state index contributed by atoms with van der Waals surface area (Å²) >= 11 is 0. The number of allylic oxidation sites excluding steroid dienone is 1. The van der Waals surface area contributed by atoms with Crippen LogP contribution in [-0.4, -0.2) is 0 Å². The molecule has 24 heavy (non-hydrogen) atoms. The summed E-state index contributed by atoms with van der Waals surface area (Å²) in [6, 6.07) is 0. The van der Waals surface area contributed by atoms with Crippen LogP contribution in [0.1, 0.15) is 136 Å². The molecule has 0 radical (unpaired) electrons. The van der Waals surface area contributed by atoms with Gasteiger partial charge in [0.15, 0.2) is 0 Å². The third-order valence-electron chi connectivity index (χ3n) is 4.89. The molecule has 0 heteroatoms. The van der Waals surface area contributed by atoms with Crippen molar-refractivity contribution in [3.8, 4) is 0 Å². The van der Waals surface area contributed by atoms with Crippen molar-refractivity contribution in [3.63, 3.8) is 0 Å². The monoisotopic (exact) mass is 334 g/mol. The van der Waals surface area contributed by atoms with Gasteiger partial charge in [0.05, 0.1) is 0 Å². The molecule has 0 aliphatic rings. The second-order valence-corrected chi connectivity index (χ2v) is 7.46. The zero-order chi connectivity index (χ0) is 17.6. The Morgan fingerprint density at radius 2 is 0.708 bits per heavy atom. The fourth-order valence-electron chi connectivity index (χ4n) is 3.19. The standard InChI is InChI=1S/C24H46/c1-3-5-7-9-11-13-15-17-19-21-23-24-22-20-18-16-14-12-10-8-6-4-2/h11,15H,3-10,12,14,16-24H2,1-2H3. The van der Waals surface area contributed by atoms with Gasteiger partial charge in [0.25, 0.3) is 0 Å². The van der Waals surface area contributed by atoms with Crippen molar-refractivity contribution < 1.29 is 0 Å². The van der Waals surface area contributed by atoms with Crippen molar-refractivity contribution in [2.24, 2.45) is 0 Å². The SMILES string of the molecule is CCCCCC=C=CCCCCCCCCCCCCCCCC. The summed E-state index contributed by atoms with van der Waals surface area (Å²) in [7, 11) is 0. The molecule has 0 bridgehead atoms. The van der Waals surface area contributed by atoms with Crippen molar-refractivity contribution in [2.45, 2.75) is 136 Å². The van der Waals surface area contributed by atoms with Crippen LogP contribution in [-0.2, 0) is 0 Å². The number of hydrogen-bond donors (Lipinski definition) is 0. The Balaban J connectivity index is 3.08. The van der Waals surface area contributed by atoms with E-state index >= 15 is 0 Å². The minimum atomic E-state index is 1.21. The van der Waals surface area contributed by atoms with Gasteiger partial charge in [-0.1, -0.05) is 110 Å². The maximum Gasteiger partial charge on any atom is -0.0274 e. The van der Waals surface area contributed by atoms with Gasteiger partial charge < -0.3 is 0 Å². The van der Waals surface area contributed by atoms with Crippen molar-refractivity contribution >= 4 is 0 Å². The molecule has 0 saturated heterocycles. The molecule has 0 atom stereocenters. The van der Waals surface area contributed by atoms with Gasteiger partial charge in [-0.25, -0.2) is 0 Å². The third-order valence-corrected chi connectivity index (χ3v) is 4.89. The summed E-state index contributed by atoms with van der Waals surface area (Å²) in [5, 5.41) is 0. The Hall–Kier alpha value is -0.480. The first-order valence-corrected chi connectivity index (χ1v) is 11.3. The van der Waals surface area contributed by atoms with E-state index in [0.717, 1.165) is 0 Å². The summed E-state index contributed by atoms with van der Waals surface area (Å²) in [6.45, 7) is 4.55. The van der Waals surface area contributed by atoms with Gasteiger partial charge in [0.1, 0.15) is 0 Å². The predicted octanol–water partition coefficient (Wildman–Crippen LogP) is 9.15. The lowest BCUT2D eigenvalue weighted by atomic mass is 10.0. The average Bonchev–Trinajstić information content (AvgIpc) is 2.60. The Morgan fingerprint density at radius 1 is 0.417 bits per heavy atom.